The van der Waals surface area contributed by atoms with Gasteiger partial charge in [-0.3, -0.25) is 34.1 Å². The number of thiol groups is 1. The van der Waals surface area contributed by atoms with Crippen LogP contribution in [0.25, 0.3) is 0 Å². The lowest BCUT2D eigenvalue weighted by Crippen LogP contribution is -2.57. The number of fused-ring (bicyclic) bond motifs is 1. The first-order valence-corrected chi connectivity index (χ1v) is 14.9. The zero-order valence-electron chi connectivity index (χ0n) is 25.0. The Morgan fingerprint density at radius 3 is 2.07 bits per heavy atom. The third kappa shape index (κ3) is 13.5. The van der Waals surface area contributed by atoms with Gasteiger partial charge in [-0.1, -0.05) is 27.7 Å². The summed E-state index contributed by atoms with van der Waals surface area (Å²) in [6, 6.07) is -2.69. The second-order valence-electron chi connectivity index (χ2n) is 10.8. The van der Waals surface area contributed by atoms with Gasteiger partial charge in [0.2, 0.25) is 35.4 Å². The van der Waals surface area contributed by atoms with Crippen molar-refractivity contribution in [1.82, 2.24) is 37.2 Å². The third-order valence-corrected chi connectivity index (χ3v) is 6.83. The molecule has 7 N–H and O–H groups in total. The van der Waals surface area contributed by atoms with E-state index in [0.29, 0.717) is 0 Å². The van der Waals surface area contributed by atoms with Gasteiger partial charge < -0.3 is 46.1 Å². The molecule has 0 spiro atoms. The van der Waals surface area contributed by atoms with Gasteiger partial charge >= 0.3 is 0 Å². The van der Waals surface area contributed by atoms with Crippen LogP contribution in [0.3, 0.4) is 0 Å². The quantitative estimate of drug-likeness (QED) is 0.113. The Morgan fingerprint density at radius 1 is 0.721 bits per heavy atom. The summed E-state index contributed by atoms with van der Waals surface area (Å²) in [5.74, 6) is -3.41. The van der Waals surface area contributed by atoms with Crippen LogP contribution in [0.1, 0.15) is 27.7 Å². The fourth-order valence-corrected chi connectivity index (χ4v) is 4.20. The molecule has 2 fully saturated rings. The van der Waals surface area contributed by atoms with Crippen LogP contribution >= 0.6 is 12.6 Å². The molecule has 0 aromatic carbocycles. The summed E-state index contributed by atoms with van der Waals surface area (Å²) < 4.78 is 16.1. The van der Waals surface area contributed by atoms with Gasteiger partial charge in [0.1, 0.15) is 37.1 Å². The molecule has 0 aromatic rings. The largest absolute Gasteiger partial charge is 0.377 e. The van der Waals surface area contributed by atoms with Gasteiger partial charge in [0.15, 0.2) is 0 Å². The Hall–Kier alpha value is -2.99. The van der Waals surface area contributed by atoms with Crippen molar-refractivity contribution in [3.05, 3.63) is 0 Å². The molecule has 244 valence electrons. The van der Waals surface area contributed by atoms with E-state index in [9.17, 15) is 28.8 Å². The van der Waals surface area contributed by atoms with Crippen LogP contribution in [-0.2, 0) is 43.0 Å². The van der Waals surface area contributed by atoms with Gasteiger partial charge in [0.05, 0.1) is 32.9 Å². The summed E-state index contributed by atoms with van der Waals surface area (Å²) in [5, 5.41) is 18.6. The molecular weight excluding hydrogens is 586 g/mol. The van der Waals surface area contributed by atoms with Crippen LogP contribution in [0.15, 0.2) is 0 Å². The fourth-order valence-electron chi connectivity index (χ4n) is 3.95. The minimum Gasteiger partial charge on any atom is -0.377 e. The summed E-state index contributed by atoms with van der Waals surface area (Å²) in [7, 11) is 0. The van der Waals surface area contributed by atoms with Crippen LogP contribution in [0, 0.1) is 11.8 Å². The first kappa shape index (κ1) is 36.2. The second-order valence-corrected chi connectivity index (χ2v) is 11.1. The molecule has 0 saturated carbocycles. The van der Waals surface area contributed by atoms with E-state index in [1.165, 1.54) is 0 Å². The Morgan fingerprint density at radius 2 is 1.40 bits per heavy atom. The van der Waals surface area contributed by atoms with E-state index >= 15 is 0 Å². The molecule has 5 atom stereocenters. The molecule has 2 aliphatic rings. The van der Waals surface area contributed by atoms with Gasteiger partial charge in [-0.2, -0.15) is 12.6 Å². The van der Waals surface area contributed by atoms with Crippen molar-refractivity contribution in [2.75, 3.05) is 58.4 Å². The number of hydrogen-bond donors (Lipinski definition) is 8. The van der Waals surface area contributed by atoms with Crippen molar-refractivity contribution in [1.29, 1.82) is 0 Å². The van der Waals surface area contributed by atoms with Crippen molar-refractivity contribution >= 4 is 48.1 Å². The number of carbonyl (C=O) groups is 6. The molecule has 2 unspecified atom stereocenters. The zero-order chi connectivity index (χ0) is 31.9. The van der Waals surface area contributed by atoms with E-state index in [4.69, 9.17) is 14.2 Å². The average Bonchev–Trinajstić information content (AvgIpc) is 3.72. The monoisotopic (exact) mass is 631 g/mol. The first-order chi connectivity index (χ1) is 20.4. The number of amides is 6. The Balaban J connectivity index is 2.00. The Bertz CT molecular complexity index is 985. The normalized spacial score (nSPS) is 28.7. The van der Waals surface area contributed by atoms with Crippen LogP contribution in [0.2, 0.25) is 0 Å². The van der Waals surface area contributed by atoms with Crippen LogP contribution in [-0.4, -0.2) is 124 Å². The van der Waals surface area contributed by atoms with Gasteiger partial charge in [-0.15, -0.1) is 0 Å². The lowest BCUT2D eigenvalue weighted by molar-refractivity contribution is -0.133. The number of carbonyl (C=O) groups excluding carboxylic acids is 6. The Kier molecular flexibility index (Phi) is 15.7. The van der Waals surface area contributed by atoms with E-state index in [-0.39, 0.29) is 76.3 Å². The van der Waals surface area contributed by atoms with E-state index in [0.717, 1.165) is 0 Å². The molecule has 43 heavy (non-hydrogen) atoms. The van der Waals surface area contributed by atoms with E-state index in [1.807, 2.05) is 0 Å². The molecule has 6 amide bonds. The van der Waals surface area contributed by atoms with Crippen molar-refractivity contribution in [2.24, 2.45) is 11.8 Å². The zero-order valence-corrected chi connectivity index (χ0v) is 25.9. The molecule has 17 heteroatoms. The summed E-state index contributed by atoms with van der Waals surface area (Å²) in [6.45, 7) is 7.09. The second kappa shape index (κ2) is 18.6. The number of nitrogens with one attached hydrogen (secondary N) is 7. The Labute approximate surface area is 256 Å². The van der Waals surface area contributed by atoms with Crippen LogP contribution in [0.5, 0.6) is 0 Å². The highest BCUT2D eigenvalue weighted by Crippen LogP contribution is 2.17. The highest BCUT2D eigenvalue weighted by Gasteiger charge is 2.39. The molecule has 0 radical (unpaired) electrons. The molecule has 2 aliphatic heterocycles. The number of ether oxygens (including phenoxy) is 3. The molecule has 0 bridgehead atoms. The summed E-state index contributed by atoms with van der Waals surface area (Å²) in [6.07, 6.45) is -0.869. The van der Waals surface area contributed by atoms with Crippen molar-refractivity contribution in [3.8, 4) is 0 Å². The maximum absolute atomic E-state index is 13.1. The van der Waals surface area contributed by atoms with Crippen molar-refractivity contribution < 1.29 is 43.0 Å². The van der Waals surface area contributed by atoms with Gasteiger partial charge in [-0.05, 0) is 11.8 Å². The van der Waals surface area contributed by atoms with Gasteiger partial charge in [0, 0.05) is 18.8 Å². The van der Waals surface area contributed by atoms with Crippen molar-refractivity contribution in [2.45, 2.75) is 58.2 Å². The SMILES string of the molecule is CC(C)[C@@H]1NC(=O)CNC2OC2CNC(=O)CNC(=O)[C@H](CS)NC(=O)COCCOCCNC(=O)[C@H](C(C)C)NC1=O. The smallest absolute Gasteiger partial charge is 0.246 e. The molecule has 2 saturated heterocycles. The standard InChI is InChI=1S/C26H45N7O9S/c1-14(2)21-24(38)27-5-6-40-7-8-41-12-20(36)31-16(13-43)23(37)29-10-18(34)28-9-17-26(42-17)30-11-19(35)32-22(15(3)4)25(39)33-21/h14-17,21-22,26,30,43H,5-13H2,1-4H3,(H,27,38)(H,28,34)(H,29,37)(H,31,36)(H,32,35)(H,33,39)/t16-,17?,21-,22-,26?/m0/s1. The van der Waals surface area contributed by atoms with Gasteiger partial charge in [0.25, 0.3) is 0 Å². The summed E-state index contributed by atoms with van der Waals surface area (Å²) >= 11 is 4.09. The topological polar surface area (TPSA) is 218 Å². The number of hydrogen-bond acceptors (Lipinski definition) is 11. The lowest BCUT2D eigenvalue weighted by Gasteiger charge is -2.27. The molecule has 16 nitrogen and oxygen atoms in total. The molecule has 2 heterocycles. The van der Waals surface area contributed by atoms with Crippen LogP contribution in [0.4, 0.5) is 0 Å². The molecule has 2 rings (SSSR count). The minimum absolute atomic E-state index is 0.00409. The number of rotatable bonds is 3. The number of epoxide rings is 1. The van der Waals surface area contributed by atoms with Crippen LogP contribution < -0.4 is 37.2 Å². The van der Waals surface area contributed by atoms with E-state index in [2.05, 4.69) is 49.8 Å². The summed E-state index contributed by atoms with van der Waals surface area (Å²) in [5.41, 5.74) is 0. The molecule has 0 aliphatic carbocycles. The fraction of sp³-hybridized carbons (Fsp3) is 0.769. The maximum Gasteiger partial charge on any atom is 0.246 e. The molecular formula is C26H45N7O9S. The van der Waals surface area contributed by atoms with E-state index in [1.54, 1.807) is 27.7 Å². The van der Waals surface area contributed by atoms with Crippen molar-refractivity contribution in [3.63, 3.8) is 0 Å². The first-order valence-electron chi connectivity index (χ1n) is 14.3. The highest BCUT2D eigenvalue weighted by atomic mass is 32.1. The highest BCUT2D eigenvalue weighted by molar-refractivity contribution is 7.80. The summed E-state index contributed by atoms with van der Waals surface area (Å²) in [4.78, 5) is 75.1. The average molecular weight is 632 g/mol. The maximum atomic E-state index is 13.1. The predicted molar refractivity (Wildman–Crippen MR) is 157 cm³/mol. The lowest BCUT2D eigenvalue weighted by atomic mass is 9.99. The van der Waals surface area contributed by atoms with Gasteiger partial charge in [-0.25, -0.2) is 0 Å². The predicted octanol–water partition coefficient (Wildman–Crippen LogP) is -3.61. The molecule has 0 aromatic heterocycles. The van der Waals surface area contributed by atoms with E-state index < -0.39 is 59.8 Å². The third-order valence-electron chi connectivity index (χ3n) is 6.47. The minimum atomic E-state index is -0.972.